The molecule has 0 spiro atoms. The van der Waals surface area contributed by atoms with E-state index in [2.05, 4.69) is 12.2 Å². The molecule has 0 aromatic rings. The maximum atomic E-state index is 10.7. The van der Waals surface area contributed by atoms with Gasteiger partial charge in [0.15, 0.2) is 0 Å². The number of hydrogen-bond donors (Lipinski definition) is 1. The van der Waals surface area contributed by atoms with E-state index in [-0.39, 0.29) is 6.54 Å². The van der Waals surface area contributed by atoms with Crippen molar-refractivity contribution >= 4 is 12.4 Å². The highest BCUT2D eigenvalue weighted by Crippen LogP contribution is 2.24. The van der Waals surface area contributed by atoms with Crippen LogP contribution in [-0.4, -0.2) is 24.5 Å². The van der Waals surface area contributed by atoms with Gasteiger partial charge >= 0.3 is 6.09 Å². The Morgan fingerprint density at radius 1 is 1.44 bits per heavy atom. The molecule has 1 fully saturated rings. The minimum absolute atomic E-state index is 0.00505. The van der Waals surface area contributed by atoms with E-state index >= 15 is 0 Å². The number of carbonyl (C=O) groups excluding carboxylic acids is 2. The molecule has 0 unspecified atom stereocenters. The van der Waals surface area contributed by atoms with E-state index in [0.29, 0.717) is 6.29 Å². The first kappa shape index (κ1) is 14.9. The van der Waals surface area contributed by atoms with Gasteiger partial charge in [0.2, 0.25) is 0 Å². The number of hydrogen-bond acceptors (Lipinski definition) is 3. The van der Waals surface area contributed by atoms with Gasteiger partial charge in [-0.05, 0) is 26.7 Å². The lowest BCUT2D eigenvalue weighted by molar-refractivity contribution is -0.107. The van der Waals surface area contributed by atoms with E-state index in [1.54, 1.807) is 20.8 Å². The van der Waals surface area contributed by atoms with Crippen molar-refractivity contribution in [1.29, 1.82) is 0 Å². The summed E-state index contributed by atoms with van der Waals surface area (Å²) >= 11 is 0. The summed E-state index contributed by atoms with van der Waals surface area (Å²) in [6.07, 6.45) is 4.50. The van der Waals surface area contributed by atoms with Crippen LogP contribution in [0.2, 0.25) is 0 Å². The average molecular weight is 229 g/mol. The fourth-order valence-corrected chi connectivity index (χ4v) is 1.05. The van der Waals surface area contributed by atoms with Crippen LogP contribution in [0.4, 0.5) is 4.79 Å². The van der Waals surface area contributed by atoms with E-state index in [1.807, 2.05) is 0 Å². The second-order valence-corrected chi connectivity index (χ2v) is 5.09. The molecule has 1 aliphatic rings. The highest BCUT2D eigenvalue weighted by atomic mass is 16.6. The van der Waals surface area contributed by atoms with Gasteiger partial charge < -0.3 is 14.8 Å². The number of nitrogens with one attached hydrogen (secondary N) is 1. The van der Waals surface area contributed by atoms with Crippen molar-refractivity contribution in [2.75, 3.05) is 6.54 Å². The molecule has 0 aromatic heterocycles. The van der Waals surface area contributed by atoms with Gasteiger partial charge in [-0.15, -0.1) is 0 Å². The maximum absolute atomic E-state index is 10.7. The third-order valence-corrected chi connectivity index (χ3v) is 2.12. The zero-order valence-electron chi connectivity index (χ0n) is 10.7. The largest absolute Gasteiger partial charge is 0.444 e. The van der Waals surface area contributed by atoms with Gasteiger partial charge in [0.25, 0.3) is 0 Å². The molecular weight excluding hydrogens is 206 g/mol. The highest BCUT2D eigenvalue weighted by molar-refractivity contribution is 5.71. The van der Waals surface area contributed by atoms with Crippen LogP contribution >= 0.6 is 0 Å². The summed E-state index contributed by atoms with van der Waals surface area (Å²) < 4.78 is 4.83. The molecule has 1 rings (SSSR count). The van der Waals surface area contributed by atoms with Crippen LogP contribution in [0.3, 0.4) is 0 Å². The zero-order chi connectivity index (χ0) is 12.6. The SMILES string of the molecule is CC(C)(C)OC(=O)NCC=O.CC1CCC1. The van der Waals surface area contributed by atoms with E-state index < -0.39 is 11.7 Å². The summed E-state index contributed by atoms with van der Waals surface area (Å²) in [6.45, 7) is 7.58. The normalized spacial score (nSPS) is 15.2. The van der Waals surface area contributed by atoms with Gasteiger partial charge in [-0.2, -0.15) is 0 Å². The van der Waals surface area contributed by atoms with Gasteiger partial charge in [0.05, 0.1) is 6.54 Å². The second-order valence-electron chi connectivity index (χ2n) is 5.09. The van der Waals surface area contributed by atoms with E-state index in [0.717, 1.165) is 5.92 Å². The Kier molecular flexibility index (Phi) is 6.77. The fraction of sp³-hybridized carbons (Fsp3) is 0.833. The topological polar surface area (TPSA) is 55.4 Å². The van der Waals surface area contributed by atoms with Gasteiger partial charge in [-0.3, -0.25) is 0 Å². The van der Waals surface area contributed by atoms with E-state index in [9.17, 15) is 9.59 Å². The summed E-state index contributed by atoms with van der Waals surface area (Å²) in [5.74, 6) is 1.06. The van der Waals surface area contributed by atoms with Gasteiger partial charge in [-0.25, -0.2) is 4.79 Å². The molecule has 1 aliphatic carbocycles. The Balaban J connectivity index is 0.000000368. The fourth-order valence-electron chi connectivity index (χ4n) is 1.05. The summed E-state index contributed by atoms with van der Waals surface area (Å²) in [5, 5.41) is 2.26. The van der Waals surface area contributed by atoms with Crippen LogP contribution in [-0.2, 0) is 9.53 Å². The molecule has 1 amide bonds. The molecule has 0 atom stereocenters. The smallest absolute Gasteiger partial charge is 0.408 e. The van der Waals surface area contributed by atoms with Crippen molar-refractivity contribution in [1.82, 2.24) is 5.32 Å². The van der Waals surface area contributed by atoms with Crippen molar-refractivity contribution in [3.8, 4) is 0 Å². The standard InChI is InChI=1S/C7H13NO3.C5H10/c1-7(2,3)11-6(10)8-4-5-9;1-5-3-2-4-5/h5H,4H2,1-3H3,(H,8,10);5H,2-4H2,1H3. The number of carbonyl (C=O) groups is 2. The minimum Gasteiger partial charge on any atom is -0.444 e. The Bertz CT molecular complexity index is 217. The molecule has 0 bridgehead atoms. The van der Waals surface area contributed by atoms with Crippen LogP contribution in [0, 0.1) is 5.92 Å². The monoisotopic (exact) mass is 229 g/mol. The molecule has 16 heavy (non-hydrogen) atoms. The molecule has 1 N–H and O–H groups in total. The molecular formula is C12H23NO3. The lowest BCUT2D eigenvalue weighted by Gasteiger charge is -2.18. The van der Waals surface area contributed by atoms with Crippen molar-refractivity contribution in [3.05, 3.63) is 0 Å². The molecule has 0 aromatic carbocycles. The van der Waals surface area contributed by atoms with Gasteiger partial charge in [-0.1, -0.05) is 26.2 Å². The first-order valence-electron chi connectivity index (χ1n) is 5.75. The number of rotatable bonds is 2. The Morgan fingerprint density at radius 3 is 2.19 bits per heavy atom. The first-order valence-corrected chi connectivity index (χ1v) is 5.75. The van der Waals surface area contributed by atoms with Crippen LogP contribution in [0.1, 0.15) is 47.0 Å². The summed E-state index contributed by atoms with van der Waals surface area (Å²) in [4.78, 5) is 20.5. The predicted octanol–water partition coefficient (Wildman–Crippen LogP) is 2.52. The van der Waals surface area contributed by atoms with Crippen molar-refractivity contribution in [3.63, 3.8) is 0 Å². The molecule has 0 aliphatic heterocycles. The Hall–Kier alpha value is -1.06. The number of amides is 1. The summed E-state index contributed by atoms with van der Waals surface area (Å²) in [7, 11) is 0. The molecule has 0 heterocycles. The van der Waals surface area contributed by atoms with Gasteiger partial charge in [0.1, 0.15) is 11.9 Å². The predicted molar refractivity (Wildman–Crippen MR) is 63.3 cm³/mol. The number of aldehydes is 1. The van der Waals surface area contributed by atoms with Crippen molar-refractivity contribution in [2.45, 2.75) is 52.6 Å². The van der Waals surface area contributed by atoms with Crippen molar-refractivity contribution < 1.29 is 14.3 Å². The van der Waals surface area contributed by atoms with Crippen LogP contribution in [0.25, 0.3) is 0 Å². The quantitative estimate of drug-likeness (QED) is 0.740. The lowest BCUT2D eigenvalue weighted by Crippen LogP contribution is -2.33. The van der Waals surface area contributed by atoms with Crippen LogP contribution in [0.15, 0.2) is 0 Å². The summed E-state index contributed by atoms with van der Waals surface area (Å²) in [6, 6.07) is 0. The second kappa shape index (κ2) is 7.25. The Morgan fingerprint density at radius 2 is 1.94 bits per heavy atom. The van der Waals surface area contributed by atoms with E-state index in [4.69, 9.17) is 4.74 Å². The highest BCUT2D eigenvalue weighted by Gasteiger charge is 2.14. The lowest BCUT2D eigenvalue weighted by atomic mass is 9.88. The maximum Gasteiger partial charge on any atom is 0.408 e. The molecule has 4 nitrogen and oxygen atoms in total. The van der Waals surface area contributed by atoms with Gasteiger partial charge in [0, 0.05) is 0 Å². The first-order chi connectivity index (χ1) is 7.35. The molecule has 4 heteroatoms. The van der Waals surface area contributed by atoms with Crippen molar-refractivity contribution in [2.24, 2.45) is 5.92 Å². The summed E-state index contributed by atoms with van der Waals surface area (Å²) in [5.41, 5.74) is -0.507. The third kappa shape index (κ3) is 9.49. The zero-order valence-corrected chi connectivity index (χ0v) is 10.7. The van der Waals surface area contributed by atoms with Crippen LogP contribution in [0.5, 0.6) is 0 Å². The van der Waals surface area contributed by atoms with E-state index in [1.165, 1.54) is 19.3 Å². The number of alkyl carbamates (subject to hydrolysis) is 1. The Labute approximate surface area is 97.7 Å². The molecule has 94 valence electrons. The molecule has 0 radical (unpaired) electrons. The number of ether oxygens (including phenoxy) is 1. The minimum atomic E-state index is -0.565. The average Bonchev–Trinajstić information content (AvgIpc) is 2.10. The molecule has 1 saturated carbocycles. The third-order valence-electron chi connectivity index (χ3n) is 2.12. The molecule has 0 saturated heterocycles. The van der Waals surface area contributed by atoms with Crippen LogP contribution < -0.4 is 5.32 Å².